The molecule has 0 saturated heterocycles. The summed E-state index contributed by atoms with van der Waals surface area (Å²) in [4.78, 5) is 10.9. The Morgan fingerprint density at radius 3 is 2.42 bits per heavy atom. The lowest BCUT2D eigenvalue weighted by Crippen LogP contribution is -2.03. The average Bonchev–Trinajstić information content (AvgIpc) is 2.63. The highest BCUT2D eigenvalue weighted by molar-refractivity contribution is 5.76. The highest BCUT2D eigenvalue weighted by Gasteiger charge is 2.15. The molecule has 0 spiro atoms. The van der Waals surface area contributed by atoms with E-state index in [1.807, 2.05) is 20.2 Å². The van der Waals surface area contributed by atoms with Gasteiger partial charge in [-0.2, -0.15) is 5.10 Å². The number of hydrogen-bond acceptors (Lipinski definition) is 2. The molecule has 0 saturated carbocycles. The number of nitrogens with zero attached hydrogens (tertiary/aromatic N) is 2. The van der Waals surface area contributed by atoms with Crippen LogP contribution in [-0.2, 0) is 18.3 Å². The van der Waals surface area contributed by atoms with Crippen LogP contribution < -0.4 is 0 Å². The van der Waals surface area contributed by atoms with Crippen molar-refractivity contribution in [1.82, 2.24) is 9.78 Å². The van der Waals surface area contributed by atoms with Gasteiger partial charge in [0.2, 0.25) is 0 Å². The normalized spacial score (nSPS) is 10.7. The first-order valence-electron chi connectivity index (χ1n) is 6.21. The standard InChI is InChI=1S/C15H18N2O2/c1-9-5-11(3)12(6-10(9)2)13-8-17(4)16-14(13)7-15(18)19/h5-6,8H,7H2,1-4H3,(H,18,19). The van der Waals surface area contributed by atoms with Crippen molar-refractivity contribution in [3.05, 3.63) is 40.7 Å². The van der Waals surface area contributed by atoms with Crippen molar-refractivity contribution in [2.24, 2.45) is 7.05 Å². The largest absolute Gasteiger partial charge is 0.481 e. The van der Waals surface area contributed by atoms with E-state index in [2.05, 4.69) is 31.1 Å². The first-order valence-corrected chi connectivity index (χ1v) is 6.21. The van der Waals surface area contributed by atoms with Crippen LogP contribution in [0.2, 0.25) is 0 Å². The lowest BCUT2D eigenvalue weighted by molar-refractivity contribution is -0.136. The lowest BCUT2D eigenvalue weighted by Gasteiger charge is -2.09. The Balaban J connectivity index is 2.58. The molecule has 0 bridgehead atoms. The number of carboxylic acid groups (broad SMARTS) is 1. The minimum Gasteiger partial charge on any atom is -0.481 e. The SMILES string of the molecule is Cc1cc(C)c(-c2cn(C)nc2CC(=O)O)cc1C. The number of rotatable bonds is 3. The van der Waals surface area contributed by atoms with Gasteiger partial charge in [0, 0.05) is 18.8 Å². The van der Waals surface area contributed by atoms with Crippen molar-refractivity contribution in [3.63, 3.8) is 0 Å². The fourth-order valence-electron chi connectivity index (χ4n) is 2.28. The third-order valence-electron chi connectivity index (χ3n) is 3.35. The zero-order valence-electron chi connectivity index (χ0n) is 11.7. The van der Waals surface area contributed by atoms with Gasteiger partial charge in [-0.1, -0.05) is 12.1 Å². The topological polar surface area (TPSA) is 55.1 Å². The zero-order chi connectivity index (χ0) is 14.2. The number of aryl methyl sites for hydroxylation is 4. The third kappa shape index (κ3) is 2.67. The molecule has 100 valence electrons. The van der Waals surface area contributed by atoms with Crippen molar-refractivity contribution in [2.45, 2.75) is 27.2 Å². The molecule has 1 aromatic heterocycles. The van der Waals surface area contributed by atoms with E-state index in [9.17, 15) is 4.79 Å². The summed E-state index contributed by atoms with van der Waals surface area (Å²) in [5, 5.41) is 13.2. The molecule has 4 nitrogen and oxygen atoms in total. The first-order chi connectivity index (χ1) is 8.88. The monoisotopic (exact) mass is 258 g/mol. The number of aromatic nitrogens is 2. The summed E-state index contributed by atoms with van der Waals surface area (Å²) < 4.78 is 1.67. The Morgan fingerprint density at radius 1 is 1.16 bits per heavy atom. The van der Waals surface area contributed by atoms with Crippen molar-refractivity contribution in [1.29, 1.82) is 0 Å². The van der Waals surface area contributed by atoms with Gasteiger partial charge in [0.25, 0.3) is 0 Å². The quantitative estimate of drug-likeness (QED) is 0.920. The maximum absolute atomic E-state index is 10.9. The molecule has 2 rings (SSSR count). The van der Waals surface area contributed by atoms with E-state index < -0.39 is 5.97 Å². The number of aliphatic carboxylic acids is 1. The summed E-state index contributed by atoms with van der Waals surface area (Å²) in [6.45, 7) is 6.18. The summed E-state index contributed by atoms with van der Waals surface area (Å²) in [6, 6.07) is 4.23. The minimum atomic E-state index is -0.860. The van der Waals surface area contributed by atoms with E-state index in [-0.39, 0.29) is 6.42 Å². The summed E-state index contributed by atoms with van der Waals surface area (Å²) in [5.74, 6) is -0.860. The van der Waals surface area contributed by atoms with Gasteiger partial charge in [-0.05, 0) is 43.0 Å². The van der Waals surface area contributed by atoms with Gasteiger partial charge in [0.15, 0.2) is 0 Å². The molecule has 0 unspecified atom stereocenters. The Hall–Kier alpha value is -2.10. The number of carbonyl (C=O) groups is 1. The minimum absolute atomic E-state index is 0.0530. The molecule has 1 N–H and O–H groups in total. The van der Waals surface area contributed by atoms with Crippen molar-refractivity contribution in [2.75, 3.05) is 0 Å². The Morgan fingerprint density at radius 2 is 1.79 bits per heavy atom. The molecule has 0 fully saturated rings. The fraction of sp³-hybridized carbons (Fsp3) is 0.333. The number of carboxylic acids is 1. The van der Waals surface area contributed by atoms with Crippen molar-refractivity contribution < 1.29 is 9.90 Å². The molecule has 0 amide bonds. The van der Waals surface area contributed by atoms with Crippen LogP contribution in [0.25, 0.3) is 11.1 Å². The molecule has 1 heterocycles. The first kappa shape index (κ1) is 13.3. The van der Waals surface area contributed by atoms with E-state index in [0.29, 0.717) is 5.69 Å². The van der Waals surface area contributed by atoms with E-state index >= 15 is 0 Å². The van der Waals surface area contributed by atoms with Crippen LogP contribution in [0.3, 0.4) is 0 Å². The number of hydrogen-bond donors (Lipinski definition) is 1. The molecule has 19 heavy (non-hydrogen) atoms. The average molecular weight is 258 g/mol. The second-order valence-electron chi connectivity index (χ2n) is 4.99. The van der Waals surface area contributed by atoms with E-state index in [0.717, 1.165) is 16.7 Å². The molecule has 2 aromatic rings. The molecule has 0 radical (unpaired) electrons. The Labute approximate surface area is 112 Å². The molecule has 0 aliphatic rings. The van der Waals surface area contributed by atoms with Gasteiger partial charge in [-0.25, -0.2) is 0 Å². The molecular weight excluding hydrogens is 240 g/mol. The van der Waals surface area contributed by atoms with Gasteiger partial charge in [-0.15, -0.1) is 0 Å². The maximum atomic E-state index is 10.9. The zero-order valence-corrected chi connectivity index (χ0v) is 11.7. The van der Waals surface area contributed by atoms with Gasteiger partial charge >= 0.3 is 5.97 Å². The van der Waals surface area contributed by atoms with E-state index in [1.54, 1.807) is 4.68 Å². The highest BCUT2D eigenvalue weighted by Crippen LogP contribution is 2.29. The van der Waals surface area contributed by atoms with E-state index in [1.165, 1.54) is 11.1 Å². The molecule has 0 aliphatic heterocycles. The van der Waals surface area contributed by atoms with Crippen LogP contribution >= 0.6 is 0 Å². The molecule has 1 aromatic carbocycles. The summed E-state index contributed by atoms with van der Waals surface area (Å²) >= 11 is 0. The van der Waals surface area contributed by atoms with Crippen LogP contribution in [0, 0.1) is 20.8 Å². The van der Waals surface area contributed by atoms with E-state index in [4.69, 9.17) is 5.11 Å². The predicted octanol–water partition coefficient (Wildman–Crippen LogP) is 2.64. The second kappa shape index (κ2) is 4.88. The maximum Gasteiger partial charge on any atom is 0.309 e. The van der Waals surface area contributed by atoms with Gasteiger partial charge in [0.05, 0.1) is 12.1 Å². The lowest BCUT2D eigenvalue weighted by atomic mass is 9.95. The van der Waals surface area contributed by atoms with Crippen LogP contribution in [0.5, 0.6) is 0 Å². The highest BCUT2D eigenvalue weighted by atomic mass is 16.4. The molecule has 0 aliphatic carbocycles. The summed E-state index contributed by atoms with van der Waals surface area (Å²) in [7, 11) is 1.81. The predicted molar refractivity (Wildman–Crippen MR) is 74.2 cm³/mol. The Kier molecular flexibility index (Phi) is 3.42. The van der Waals surface area contributed by atoms with Crippen LogP contribution in [0.4, 0.5) is 0 Å². The summed E-state index contributed by atoms with van der Waals surface area (Å²) in [5.41, 5.74) is 6.16. The van der Waals surface area contributed by atoms with Crippen LogP contribution in [0.15, 0.2) is 18.3 Å². The molecular formula is C15H18N2O2. The van der Waals surface area contributed by atoms with Crippen molar-refractivity contribution in [3.8, 4) is 11.1 Å². The smallest absolute Gasteiger partial charge is 0.309 e. The number of benzene rings is 1. The molecule has 0 atom stereocenters. The fourth-order valence-corrected chi connectivity index (χ4v) is 2.28. The van der Waals surface area contributed by atoms with Crippen molar-refractivity contribution >= 4 is 5.97 Å². The van der Waals surface area contributed by atoms with Crippen LogP contribution in [0.1, 0.15) is 22.4 Å². The van der Waals surface area contributed by atoms with Crippen LogP contribution in [-0.4, -0.2) is 20.9 Å². The van der Waals surface area contributed by atoms with Gasteiger partial charge in [-0.3, -0.25) is 9.48 Å². The molecule has 4 heteroatoms. The summed E-state index contributed by atoms with van der Waals surface area (Å²) in [6.07, 6.45) is 1.83. The van der Waals surface area contributed by atoms with Gasteiger partial charge in [0.1, 0.15) is 0 Å². The van der Waals surface area contributed by atoms with Gasteiger partial charge < -0.3 is 5.11 Å². The Bertz CT molecular complexity index is 642. The second-order valence-corrected chi connectivity index (χ2v) is 4.99. The third-order valence-corrected chi connectivity index (χ3v) is 3.35.